The van der Waals surface area contributed by atoms with E-state index in [1.807, 2.05) is 24.3 Å². The lowest BCUT2D eigenvalue weighted by atomic mass is 10.2. The van der Waals surface area contributed by atoms with Crippen LogP contribution < -0.4 is 10.0 Å². The van der Waals surface area contributed by atoms with Crippen molar-refractivity contribution in [3.05, 3.63) is 58.7 Å². The maximum absolute atomic E-state index is 12.3. The molecule has 0 radical (unpaired) electrons. The third kappa shape index (κ3) is 5.47. The number of hydrogen-bond donors (Lipinski definition) is 3. The van der Waals surface area contributed by atoms with Crippen molar-refractivity contribution < 1.29 is 13.2 Å². The Kier molecular flexibility index (Phi) is 6.78. The number of aromatic nitrogens is 2. The molecule has 0 atom stereocenters. The number of nitrogens with one attached hydrogen (secondary N) is 3. The molecule has 10 heteroatoms. The Balaban J connectivity index is 1.62. The second-order valence-electron chi connectivity index (χ2n) is 6.13. The van der Waals surface area contributed by atoms with Crippen LogP contribution in [0.4, 0.5) is 5.69 Å². The van der Waals surface area contributed by atoms with Crippen LogP contribution in [0.1, 0.15) is 5.56 Å². The zero-order valence-electron chi connectivity index (χ0n) is 15.7. The van der Waals surface area contributed by atoms with Crippen LogP contribution >= 0.6 is 27.7 Å². The summed E-state index contributed by atoms with van der Waals surface area (Å²) in [5.74, 6) is -0.122. The number of nitrogens with zero attached hydrogens (tertiary/aromatic N) is 1. The summed E-state index contributed by atoms with van der Waals surface area (Å²) in [4.78, 5) is 19.9. The van der Waals surface area contributed by atoms with Gasteiger partial charge in [-0.3, -0.25) is 4.79 Å². The first-order chi connectivity index (χ1) is 13.8. The first-order valence-corrected chi connectivity index (χ1v) is 11.8. The lowest BCUT2D eigenvalue weighted by Crippen LogP contribution is -2.20. The highest BCUT2D eigenvalue weighted by Crippen LogP contribution is 2.24. The summed E-state index contributed by atoms with van der Waals surface area (Å²) >= 11 is 4.67. The molecule has 0 aliphatic heterocycles. The van der Waals surface area contributed by atoms with Gasteiger partial charge in [0.25, 0.3) is 0 Å². The molecule has 7 nitrogen and oxygen atoms in total. The van der Waals surface area contributed by atoms with Crippen LogP contribution in [-0.2, 0) is 14.8 Å². The van der Waals surface area contributed by atoms with Crippen molar-refractivity contribution in [3.63, 3.8) is 0 Å². The fourth-order valence-corrected chi connectivity index (χ4v) is 4.47. The van der Waals surface area contributed by atoms with Crippen LogP contribution in [0.3, 0.4) is 0 Å². The lowest BCUT2D eigenvalue weighted by molar-refractivity contribution is -0.113. The molecule has 1 heterocycles. The summed E-state index contributed by atoms with van der Waals surface area (Å²) in [6, 6.07) is 12.6. The minimum Gasteiger partial charge on any atom is -0.333 e. The van der Waals surface area contributed by atoms with E-state index in [4.69, 9.17) is 0 Å². The molecule has 0 spiro atoms. The van der Waals surface area contributed by atoms with Crippen molar-refractivity contribution in [2.45, 2.75) is 17.0 Å². The van der Waals surface area contributed by atoms with Gasteiger partial charge in [0.05, 0.1) is 22.5 Å². The van der Waals surface area contributed by atoms with Crippen LogP contribution in [0, 0.1) is 6.92 Å². The van der Waals surface area contributed by atoms with Crippen molar-refractivity contribution in [3.8, 4) is 11.3 Å². The van der Waals surface area contributed by atoms with E-state index in [0.717, 1.165) is 15.7 Å². The number of carbonyl (C=O) groups excluding carboxylic acids is 1. The van der Waals surface area contributed by atoms with Crippen molar-refractivity contribution in [1.29, 1.82) is 0 Å². The number of imidazole rings is 1. The predicted molar refractivity (Wildman–Crippen MR) is 119 cm³/mol. The highest BCUT2D eigenvalue weighted by Gasteiger charge is 2.16. The maximum Gasteiger partial charge on any atom is 0.240 e. The van der Waals surface area contributed by atoms with Gasteiger partial charge in [0.15, 0.2) is 5.16 Å². The monoisotopic (exact) mass is 494 g/mol. The highest BCUT2D eigenvalue weighted by atomic mass is 79.9. The molecule has 2 aromatic carbocycles. The molecule has 0 saturated carbocycles. The number of amides is 1. The molecule has 3 rings (SSSR count). The fraction of sp³-hybridized carbons (Fsp3) is 0.158. The number of anilines is 1. The molecular weight excluding hydrogens is 476 g/mol. The molecule has 152 valence electrons. The topological polar surface area (TPSA) is 104 Å². The predicted octanol–water partition coefficient (Wildman–Crippen LogP) is 3.79. The van der Waals surface area contributed by atoms with Crippen molar-refractivity contribution in [2.24, 2.45) is 0 Å². The number of aromatic amines is 1. The zero-order valence-corrected chi connectivity index (χ0v) is 18.9. The van der Waals surface area contributed by atoms with E-state index >= 15 is 0 Å². The SMILES string of the molecule is CNS(=O)(=O)c1cc(NC(=O)CSc2ncc(-c3ccc(Br)cc3)[nH]2)ccc1C. The van der Waals surface area contributed by atoms with E-state index in [2.05, 4.69) is 35.9 Å². The molecule has 1 aromatic heterocycles. The summed E-state index contributed by atoms with van der Waals surface area (Å²) in [5.41, 5.74) is 2.88. The second-order valence-corrected chi connectivity index (χ2v) is 9.87. The number of carbonyl (C=O) groups is 1. The number of aryl methyl sites for hydroxylation is 1. The summed E-state index contributed by atoms with van der Waals surface area (Å²) in [6.07, 6.45) is 1.72. The summed E-state index contributed by atoms with van der Waals surface area (Å²) < 4.78 is 27.4. The Labute approximate surface area is 181 Å². The van der Waals surface area contributed by atoms with Gasteiger partial charge >= 0.3 is 0 Å². The van der Waals surface area contributed by atoms with Gasteiger partial charge in [0.2, 0.25) is 15.9 Å². The van der Waals surface area contributed by atoms with Gasteiger partial charge in [-0.05, 0) is 49.4 Å². The van der Waals surface area contributed by atoms with Gasteiger partial charge in [-0.15, -0.1) is 0 Å². The molecule has 29 heavy (non-hydrogen) atoms. The Bertz CT molecular complexity index is 1130. The number of hydrogen-bond acceptors (Lipinski definition) is 5. The third-order valence-corrected chi connectivity index (χ3v) is 7.05. The van der Waals surface area contributed by atoms with Gasteiger partial charge in [-0.2, -0.15) is 0 Å². The van der Waals surface area contributed by atoms with Crippen LogP contribution in [0.15, 0.2) is 63.2 Å². The van der Waals surface area contributed by atoms with Gasteiger partial charge in [-0.1, -0.05) is 45.9 Å². The van der Waals surface area contributed by atoms with E-state index in [9.17, 15) is 13.2 Å². The molecule has 0 bridgehead atoms. The molecule has 0 unspecified atom stereocenters. The summed E-state index contributed by atoms with van der Waals surface area (Å²) in [6.45, 7) is 1.70. The van der Waals surface area contributed by atoms with E-state index in [0.29, 0.717) is 16.4 Å². The van der Waals surface area contributed by atoms with Gasteiger partial charge in [0, 0.05) is 10.2 Å². The van der Waals surface area contributed by atoms with Crippen LogP contribution in [0.5, 0.6) is 0 Å². The molecule has 3 aromatic rings. The number of H-pyrrole nitrogens is 1. The van der Waals surface area contributed by atoms with E-state index in [1.165, 1.54) is 24.9 Å². The Morgan fingerprint density at radius 1 is 1.21 bits per heavy atom. The second kappa shape index (κ2) is 9.12. The first-order valence-electron chi connectivity index (χ1n) is 8.56. The average molecular weight is 495 g/mol. The number of benzene rings is 2. The maximum atomic E-state index is 12.3. The first kappa shape index (κ1) is 21.6. The van der Waals surface area contributed by atoms with E-state index < -0.39 is 10.0 Å². The summed E-state index contributed by atoms with van der Waals surface area (Å²) in [5, 5.41) is 3.35. The van der Waals surface area contributed by atoms with E-state index in [-0.39, 0.29) is 16.6 Å². The molecule has 0 aliphatic rings. The number of halogens is 1. The molecular formula is C19H19BrN4O3S2. The normalized spacial score (nSPS) is 11.4. The Hall–Kier alpha value is -2.14. The minimum absolute atomic E-state index is 0.134. The number of sulfonamides is 1. The van der Waals surface area contributed by atoms with Gasteiger partial charge < -0.3 is 10.3 Å². The van der Waals surface area contributed by atoms with Crippen LogP contribution in [0.25, 0.3) is 11.3 Å². The number of thioether (sulfide) groups is 1. The smallest absolute Gasteiger partial charge is 0.240 e. The molecule has 3 N–H and O–H groups in total. The summed E-state index contributed by atoms with van der Waals surface area (Å²) in [7, 11) is -2.24. The number of rotatable bonds is 7. The minimum atomic E-state index is -3.59. The quantitative estimate of drug-likeness (QED) is 0.433. The Morgan fingerprint density at radius 2 is 1.93 bits per heavy atom. The molecule has 0 aliphatic carbocycles. The lowest BCUT2D eigenvalue weighted by Gasteiger charge is -2.10. The van der Waals surface area contributed by atoms with E-state index in [1.54, 1.807) is 25.3 Å². The van der Waals surface area contributed by atoms with Crippen molar-refractivity contribution in [1.82, 2.24) is 14.7 Å². The van der Waals surface area contributed by atoms with Crippen molar-refractivity contribution in [2.75, 3.05) is 18.1 Å². The fourth-order valence-electron chi connectivity index (χ4n) is 2.56. The molecule has 1 amide bonds. The standard InChI is InChI=1S/C19H19BrN4O3S2/c1-12-3-8-15(9-17(12)29(26,27)21-2)23-18(25)11-28-19-22-10-16(24-19)13-4-6-14(20)7-5-13/h3-10,21H,11H2,1-2H3,(H,22,24)(H,23,25). The highest BCUT2D eigenvalue weighted by molar-refractivity contribution is 9.10. The van der Waals surface area contributed by atoms with Gasteiger partial charge in [0.1, 0.15) is 0 Å². The van der Waals surface area contributed by atoms with Crippen molar-refractivity contribution >= 4 is 49.3 Å². The van der Waals surface area contributed by atoms with Crippen LogP contribution in [-0.4, -0.2) is 37.1 Å². The zero-order chi connectivity index (χ0) is 21.0. The Morgan fingerprint density at radius 3 is 2.62 bits per heavy atom. The van der Waals surface area contributed by atoms with Gasteiger partial charge in [-0.25, -0.2) is 18.1 Å². The largest absolute Gasteiger partial charge is 0.333 e. The average Bonchev–Trinajstić information content (AvgIpc) is 3.17. The third-order valence-electron chi connectivity index (χ3n) is 4.08. The molecule has 0 fully saturated rings. The van der Waals surface area contributed by atoms with Crippen LogP contribution in [0.2, 0.25) is 0 Å². The molecule has 0 saturated heterocycles.